The summed E-state index contributed by atoms with van der Waals surface area (Å²) < 4.78 is 5.78. The van der Waals surface area contributed by atoms with E-state index in [1.807, 2.05) is 7.11 Å². The highest BCUT2D eigenvalue weighted by Gasteiger charge is 2.48. The Morgan fingerprint density at radius 3 is 2.33 bits per heavy atom. The van der Waals surface area contributed by atoms with Crippen LogP contribution in [0.25, 0.3) is 0 Å². The Hall–Kier alpha value is -1.02. The van der Waals surface area contributed by atoms with Gasteiger partial charge >= 0.3 is 0 Å². The molecule has 2 aliphatic rings. The monoisotopic (exact) mass is 245 g/mol. The van der Waals surface area contributed by atoms with Gasteiger partial charge in [-0.25, -0.2) is 0 Å². The van der Waals surface area contributed by atoms with Crippen LogP contribution in [0.15, 0.2) is 24.3 Å². The molecular formula is C16H23NO. The second kappa shape index (κ2) is 4.58. The molecule has 0 saturated heterocycles. The van der Waals surface area contributed by atoms with Crippen LogP contribution in [0.4, 0.5) is 5.69 Å². The zero-order valence-electron chi connectivity index (χ0n) is 11.6. The third-order valence-corrected chi connectivity index (χ3v) is 4.91. The predicted octanol–water partition coefficient (Wildman–Crippen LogP) is 3.28. The summed E-state index contributed by atoms with van der Waals surface area (Å²) in [5.41, 5.74) is 2.75. The van der Waals surface area contributed by atoms with Crippen molar-refractivity contribution in [3.05, 3.63) is 29.8 Å². The van der Waals surface area contributed by atoms with Crippen LogP contribution in [0, 0.1) is 11.8 Å². The highest BCUT2D eigenvalue weighted by atomic mass is 16.5. The van der Waals surface area contributed by atoms with Gasteiger partial charge in [0, 0.05) is 32.8 Å². The molecule has 1 aromatic carbocycles. The van der Waals surface area contributed by atoms with Crippen molar-refractivity contribution in [1.29, 1.82) is 0 Å². The second-order valence-electron chi connectivity index (χ2n) is 6.05. The van der Waals surface area contributed by atoms with Gasteiger partial charge in [0.05, 0.1) is 6.10 Å². The molecule has 0 aliphatic heterocycles. The van der Waals surface area contributed by atoms with Crippen molar-refractivity contribution in [3.8, 4) is 0 Å². The first-order valence-corrected chi connectivity index (χ1v) is 7.01. The number of hydrogen-bond donors (Lipinski definition) is 0. The van der Waals surface area contributed by atoms with Crippen LogP contribution in [0.1, 0.15) is 30.7 Å². The molecule has 4 atom stereocenters. The number of rotatable bonds is 3. The van der Waals surface area contributed by atoms with Gasteiger partial charge in [0.1, 0.15) is 0 Å². The van der Waals surface area contributed by atoms with E-state index in [2.05, 4.69) is 43.3 Å². The summed E-state index contributed by atoms with van der Waals surface area (Å²) in [4.78, 5) is 2.15. The Kier molecular flexibility index (Phi) is 3.06. The largest absolute Gasteiger partial charge is 0.381 e. The van der Waals surface area contributed by atoms with Gasteiger partial charge in [-0.05, 0) is 48.8 Å². The van der Waals surface area contributed by atoms with E-state index in [9.17, 15) is 0 Å². The molecule has 0 radical (unpaired) electrons. The molecule has 2 aliphatic carbocycles. The van der Waals surface area contributed by atoms with E-state index < -0.39 is 0 Å². The maximum absolute atomic E-state index is 5.78. The SMILES string of the molecule is CO[C@@H]1C2CCC(C2)[C@H]1c1ccc(N(C)C)cc1. The Balaban J connectivity index is 1.85. The lowest BCUT2D eigenvalue weighted by Crippen LogP contribution is -2.27. The molecule has 2 bridgehead atoms. The molecular weight excluding hydrogens is 222 g/mol. The van der Waals surface area contributed by atoms with Crippen LogP contribution in [0.3, 0.4) is 0 Å². The van der Waals surface area contributed by atoms with Gasteiger partial charge in [0.15, 0.2) is 0 Å². The second-order valence-corrected chi connectivity index (χ2v) is 6.05. The fraction of sp³-hybridized carbons (Fsp3) is 0.625. The average Bonchev–Trinajstić information content (AvgIpc) is 2.98. The Labute approximate surface area is 110 Å². The van der Waals surface area contributed by atoms with E-state index in [-0.39, 0.29) is 0 Å². The van der Waals surface area contributed by atoms with Crippen molar-refractivity contribution in [3.63, 3.8) is 0 Å². The average molecular weight is 245 g/mol. The van der Waals surface area contributed by atoms with E-state index in [0.29, 0.717) is 12.0 Å². The Morgan fingerprint density at radius 1 is 1.06 bits per heavy atom. The molecule has 98 valence electrons. The predicted molar refractivity (Wildman–Crippen MR) is 75.1 cm³/mol. The summed E-state index contributed by atoms with van der Waals surface area (Å²) in [6.45, 7) is 0. The fourth-order valence-electron chi connectivity index (χ4n) is 4.03. The molecule has 0 spiro atoms. The maximum Gasteiger partial charge on any atom is 0.0670 e. The molecule has 18 heavy (non-hydrogen) atoms. The number of hydrogen-bond acceptors (Lipinski definition) is 2. The molecule has 0 aromatic heterocycles. The van der Waals surface area contributed by atoms with E-state index in [1.165, 1.54) is 30.5 Å². The first-order chi connectivity index (χ1) is 8.70. The number of nitrogens with zero attached hydrogens (tertiary/aromatic N) is 1. The van der Waals surface area contributed by atoms with Crippen LogP contribution < -0.4 is 4.90 Å². The highest BCUT2D eigenvalue weighted by Crippen LogP contribution is 2.54. The van der Waals surface area contributed by atoms with E-state index >= 15 is 0 Å². The number of fused-ring (bicyclic) bond motifs is 2. The first-order valence-electron chi connectivity index (χ1n) is 7.01. The third-order valence-electron chi connectivity index (χ3n) is 4.91. The summed E-state index contributed by atoms with van der Waals surface area (Å²) in [6, 6.07) is 9.06. The quantitative estimate of drug-likeness (QED) is 0.810. The summed E-state index contributed by atoms with van der Waals surface area (Å²) in [6.07, 6.45) is 4.59. The fourth-order valence-corrected chi connectivity index (χ4v) is 4.03. The number of benzene rings is 1. The van der Waals surface area contributed by atoms with Crippen molar-refractivity contribution in [2.45, 2.75) is 31.3 Å². The lowest BCUT2D eigenvalue weighted by Gasteiger charge is -2.30. The van der Waals surface area contributed by atoms with Gasteiger partial charge in [-0.2, -0.15) is 0 Å². The minimum absolute atomic E-state index is 0.453. The molecule has 0 amide bonds. The van der Waals surface area contributed by atoms with Crippen LogP contribution in [-0.2, 0) is 4.74 Å². The standard InChI is InChI=1S/C16H23NO/c1-17(2)14-8-6-11(7-9-14)15-12-4-5-13(10-12)16(15)18-3/h6-9,12-13,15-16H,4-5,10H2,1-3H3/t12?,13?,15-,16-/m1/s1. The highest BCUT2D eigenvalue weighted by molar-refractivity contribution is 5.47. The molecule has 2 nitrogen and oxygen atoms in total. The van der Waals surface area contributed by atoms with Gasteiger partial charge in [0.25, 0.3) is 0 Å². The molecule has 1 aromatic rings. The molecule has 2 unspecified atom stereocenters. The maximum atomic E-state index is 5.78. The smallest absolute Gasteiger partial charge is 0.0670 e. The minimum Gasteiger partial charge on any atom is -0.381 e. The molecule has 0 heterocycles. The lowest BCUT2D eigenvalue weighted by molar-refractivity contribution is 0.0406. The van der Waals surface area contributed by atoms with Crippen LogP contribution in [-0.4, -0.2) is 27.3 Å². The number of ether oxygens (including phenoxy) is 1. The Morgan fingerprint density at radius 2 is 1.72 bits per heavy atom. The minimum atomic E-state index is 0.453. The van der Waals surface area contributed by atoms with Gasteiger partial charge in [-0.1, -0.05) is 12.1 Å². The van der Waals surface area contributed by atoms with E-state index in [1.54, 1.807) is 0 Å². The van der Waals surface area contributed by atoms with Gasteiger partial charge < -0.3 is 9.64 Å². The summed E-state index contributed by atoms with van der Waals surface area (Å²) >= 11 is 0. The third kappa shape index (κ3) is 1.83. The molecule has 0 N–H and O–H groups in total. The molecule has 3 rings (SSSR count). The van der Waals surface area contributed by atoms with Gasteiger partial charge in [0.2, 0.25) is 0 Å². The number of methoxy groups -OCH3 is 1. The zero-order valence-corrected chi connectivity index (χ0v) is 11.6. The van der Waals surface area contributed by atoms with Crippen LogP contribution >= 0.6 is 0 Å². The Bertz CT molecular complexity index is 412. The van der Waals surface area contributed by atoms with Gasteiger partial charge in [-0.15, -0.1) is 0 Å². The normalized spacial score (nSPS) is 33.9. The molecule has 2 fully saturated rings. The van der Waals surface area contributed by atoms with Gasteiger partial charge in [-0.3, -0.25) is 0 Å². The van der Waals surface area contributed by atoms with Crippen molar-refractivity contribution in [2.75, 3.05) is 26.1 Å². The molecule has 2 saturated carbocycles. The van der Waals surface area contributed by atoms with Crippen molar-refractivity contribution >= 4 is 5.69 Å². The van der Waals surface area contributed by atoms with Crippen LogP contribution in [0.2, 0.25) is 0 Å². The summed E-state index contributed by atoms with van der Waals surface area (Å²) in [5.74, 6) is 2.29. The van der Waals surface area contributed by atoms with E-state index in [4.69, 9.17) is 4.74 Å². The van der Waals surface area contributed by atoms with Crippen molar-refractivity contribution < 1.29 is 4.74 Å². The lowest BCUT2D eigenvalue weighted by atomic mass is 9.81. The summed E-state index contributed by atoms with van der Waals surface area (Å²) in [5, 5.41) is 0. The first kappa shape index (κ1) is 12.0. The topological polar surface area (TPSA) is 12.5 Å². The number of anilines is 1. The molecule has 2 heteroatoms. The van der Waals surface area contributed by atoms with Crippen molar-refractivity contribution in [2.24, 2.45) is 11.8 Å². The zero-order chi connectivity index (χ0) is 12.7. The van der Waals surface area contributed by atoms with Crippen molar-refractivity contribution in [1.82, 2.24) is 0 Å². The van der Waals surface area contributed by atoms with E-state index in [0.717, 1.165) is 11.8 Å². The van der Waals surface area contributed by atoms with Crippen LogP contribution in [0.5, 0.6) is 0 Å². The summed E-state index contributed by atoms with van der Waals surface area (Å²) in [7, 11) is 6.06.